The molecule has 0 unspecified atom stereocenters. The van der Waals surface area contributed by atoms with Gasteiger partial charge in [0.15, 0.2) is 8.32 Å². The summed E-state index contributed by atoms with van der Waals surface area (Å²) < 4.78 is 12.7. The lowest BCUT2D eigenvalue weighted by Crippen LogP contribution is -2.47. The Bertz CT molecular complexity index is 770. The molecule has 0 aliphatic carbocycles. The summed E-state index contributed by atoms with van der Waals surface area (Å²) in [6, 6.07) is 15.4. The van der Waals surface area contributed by atoms with Crippen molar-refractivity contribution in [3.8, 4) is 5.75 Å². The predicted molar refractivity (Wildman–Crippen MR) is 122 cm³/mol. The molecule has 1 N–H and O–H groups in total. The SMILES string of the molecule is COc1ccc(N[C@H](c2ccc(Br)cc2)[C@@H](C=O)O[Si](C)(C)C(C)(C)C)cc1. The number of halogens is 1. The summed E-state index contributed by atoms with van der Waals surface area (Å²) in [7, 11) is -0.487. The number of ether oxygens (including phenoxy) is 1. The molecule has 28 heavy (non-hydrogen) atoms. The zero-order valence-corrected chi connectivity index (χ0v) is 20.0. The van der Waals surface area contributed by atoms with Crippen LogP contribution in [0, 0.1) is 0 Å². The van der Waals surface area contributed by atoms with E-state index in [2.05, 4.69) is 55.1 Å². The van der Waals surface area contributed by atoms with Crippen LogP contribution in [0.2, 0.25) is 18.1 Å². The molecule has 6 heteroatoms. The Kier molecular flexibility index (Phi) is 7.48. The summed E-state index contributed by atoms with van der Waals surface area (Å²) in [5.74, 6) is 0.787. The molecular weight excluding hydrogens is 434 g/mol. The molecule has 0 amide bonds. The van der Waals surface area contributed by atoms with E-state index in [1.165, 1.54) is 0 Å². The smallest absolute Gasteiger partial charge is 0.193 e. The second-order valence-corrected chi connectivity index (χ2v) is 14.1. The van der Waals surface area contributed by atoms with Crippen molar-refractivity contribution in [2.75, 3.05) is 12.4 Å². The highest BCUT2D eigenvalue weighted by Crippen LogP contribution is 2.39. The third kappa shape index (κ3) is 5.69. The van der Waals surface area contributed by atoms with E-state index in [1.807, 2.05) is 48.5 Å². The molecular formula is C22H30BrNO3Si. The molecule has 2 rings (SSSR count). The Morgan fingerprint density at radius 3 is 2.07 bits per heavy atom. The lowest BCUT2D eigenvalue weighted by Gasteiger charge is -2.40. The third-order valence-electron chi connectivity index (χ3n) is 5.34. The number of hydrogen-bond donors (Lipinski definition) is 1. The van der Waals surface area contributed by atoms with Gasteiger partial charge in [-0.05, 0) is 60.1 Å². The van der Waals surface area contributed by atoms with Gasteiger partial charge in [0.1, 0.15) is 18.1 Å². The van der Waals surface area contributed by atoms with Gasteiger partial charge < -0.3 is 19.3 Å². The first-order valence-corrected chi connectivity index (χ1v) is 13.1. The summed E-state index contributed by atoms with van der Waals surface area (Å²) in [4.78, 5) is 12.1. The van der Waals surface area contributed by atoms with Gasteiger partial charge in [-0.1, -0.05) is 48.8 Å². The Morgan fingerprint density at radius 1 is 1.04 bits per heavy atom. The highest BCUT2D eigenvalue weighted by Gasteiger charge is 2.41. The van der Waals surface area contributed by atoms with E-state index in [1.54, 1.807) is 7.11 Å². The number of methoxy groups -OCH3 is 1. The molecule has 0 aliphatic heterocycles. The molecule has 0 saturated heterocycles. The molecule has 0 saturated carbocycles. The van der Waals surface area contributed by atoms with E-state index in [0.717, 1.165) is 27.8 Å². The van der Waals surface area contributed by atoms with Crippen LogP contribution in [0.1, 0.15) is 32.4 Å². The van der Waals surface area contributed by atoms with Gasteiger partial charge >= 0.3 is 0 Å². The van der Waals surface area contributed by atoms with Gasteiger partial charge in [0.25, 0.3) is 0 Å². The molecule has 0 aromatic heterocycles. The minimum absolute atomic E-state index is 0.0125. The van der Waals surface area contributed by atoms with Crippen molar-refractivity contribution in [3.05, 3.63) is 58.6 Å². The predicted octanol–water partition coefficient (Wildman–Crippen LogP) is 6.20. The van der Waals surface area contributed by atoms with Gasteiger partial charge in [0.2, 0.25) is 0 Å². The van der Waals surface area contributed by atoms with Crippen molar-refractivity contribution in [2.45, 2.75) is 51.0 Å². The lowest BCUT2D eigenvalue weighted by atomic mass is 10.0. The number of carbonyl (C=O) groups is 1. The van der Waals surface area contributed by atoms with Crippen molar-refractivity contribution < 1.29 is 14.0 Å². The summed E-state index contributed by atoms with van der Waals surface area (Å²) in [5, 5.41) is 3.50. The first-order chi connectivity index (χ1) is 13.1. The van der Waals surface area contributed by atoms with Crippen LogP contribution in [-0.4, -0.2) is 27.8 Å². The highest BCUT2D eigenvalue weighted by atomic mass is 79.9. The molecule has 0 spiro atoms. The molecule has 2 atom stereocenters. The maximum Gasteiger partial charge on any atom is 0.193 e. The van der Waals surface area contributed by atoms with E-state index in [0.29, 0.717) is 0 Å². The van der Waals surface area contributed by atoms with E-state index in [9.17, 15) is 4.79 Å². The lowest BCUT2D eigenvalue weighted by molar-refractivity contribution is -0.114. The Hall–Kier alpha value is -1.63. The molecule has 2 aromatic carbocycles. The zero-order chi connectivity index (χ0) is 20.9. The number of carbonyl (C=O) groups excluding carboxylic acids is 1. The van der Waals surface area contributed by atoms with Gasteiger partial charge in [0, 0.05) is 10.2 Å². The van der Waals surface area contributed by atoms with Crippen LogP contribution in [0.25, 0.3) is 0 Å². The number of benzene rings is 2. The number of anilines is 1. The Balaban J connectivity index is 2.37. The van der Waals surface area contributed by atoms with Crippen LogP contribution in [0.5, 0.6) is 5.75 Å². The van der Waals surface area contributed by atoms with Crippen molar-refractivity contribution in [3.63, 3.8) is 0 Å². The third-order valence-corrected chi connectivity index (χ3v) is 10.3. The van der Waals surface area contributed by atoms with Gasteiger partial charge in [0.05, 0.1) is 13.2 Å². The van der Waals surface area contributed by atoms with Gasteiger partial charge in [-0.25, -0.2) is 0 Å². The molecule has 0 radical (unpaired) electrons. The summed E-state index contributed by atoms with van der Waals surface area (Å²) in [6.07, 6.45) is 0.327. The maximum absolute atomic E-state index is 12.1. The average Bonchev–Trinajstić information content (AvgIpc) is 2.65. The molecule has 0 aliphatic rings. The largest absolute Gasteiger partial charge is 0.497 e. The molecule has 0 fully saturated rings. The highest BCUT2D eigenvalue weighted by molar-refractivity contribution is 9.10. The summed E-state index contributed by atoms with van der Waals surface area (Å²) >= 11 is 3.48. The second kappa shape index (κ2) is 9.24. The molecule has 0 heterocycles. The van der Waals surface area contributed by atoms with Crippen molar-refractivity contribution >= 4 is 36.2 Å². The minimum atomic E-state index is -2.13. The fourth-order valence-electron chi connectivity index (χ4n) is 2.58. The first-order valence-electron chi connectivity index (χ1n) is 9.36. The van der Waals surface area contributed by atoms with Crippen LogP contribution >= 0.6 is 15.9 Å². The van der Waals surface area contributed by atoms with Crippen LogP contribution in [-0.2, 0) is 9.22 Å². The van der Waals surface area contributed by atoms with E-state index in [-0.39, 0.29) is 11.1 Å². The maximum atomic E-state index is 12.1. The van der Waals surface area contributed by atoms with Crippen molar-refractivity contribution in [1.82, 2.24) is 0 Å². The first kappa shape index (κ1) is 22.7. The standard InChI is InChI=1S/C22H30BrNO3Si/c1-22(2,3)28(5,6)27-20(15-25)21(16-7-9-17(23)10-8-16)24-18-11-13-19(26-4)14-12-18/h7-15,20-21,24H,1-6H3/t20-,21-/m1/s1. The zero-order valence-electron chi connectivity index (χ0n) is 17.5. The van der Waals surface area contributed by atoms with Crippen LogP contribution in [0.3, 0.4) is 0 Å². The summed E-state index contributed by atoms with van der Waals surface area (Å²) in [6.45, 7) is 10.8. The van der Waals surface area contributed by atoms with E-state index < -0.39 is 14.4 Å². The number of nitrogens with one attached hydrogen (secondary N) is 1. The molecule has 4 nitrogen and oxygen atoms in total. The molecule has 0 bridgehead atoms. The number of aldehydes is 1. The second-order valence-electron chi connectivity index (χ2n) is 8.38. The van der Waals surface area contributed by atoms with Crippen molar-refractivity contribution in [2.24, 2.45) is 0 Å². The molecule has 152 valence electrons. The Labute approximate surface area is 177 Å². The van der Waals surface area contributed by atoms with Crippen LogP contribution < -0.4 is 10.1 Å². The monoisotopic (exact) mass is 463 g/mol. The van der Waals surface area contributed by atoms with Crippen LogP contribution in [0.15, 0.2) is 53.0 Å². The van der Waals surface area contributed by atoms with Crippen LogP contribution in [0.4, 0.5) is 5.69 Å². The molecule has 2 aromatic rings. The number of hydrogen-bond acceptors (Lipinski definition) is 4. The summed E-state index contributed by atoms with van der Waals surface area (Å²) in [5.41, 5.74) is 1.90. The van der Waals surface area contributed by atoms with Gasteiger partial charge in [-0.15, -0.1) is 0 Å². The fraction of sp³-hybridized carbons (Fsp3) is 0.409. The number of rotatable bonds is 8. The normalized spacial score (nSPS) is 14.2. The topological polar surface area (TPSA) is 47.6 Å². The van der Waals surface area contributed by atoms with Gasteiger partial charge in [-0.3, -0.25) is 0 Å². The fourth-order valence-corrected chi connectivity index (χ4v) is 4.07. The minimum Gasteiger partial charge on any atom is -0.497 e. The van der Waals surface area contributed by atoms with E-state index >= 15 is 0 Å². The Morgan fingerprint density at radius 2 is 1.61 bits per heavy atom. The average molecular weight is 464 g/mol. The van der Waals surface area contributed by atoms with E-state index in [4.69, 9.17) is 9.16 Å². The quantitative estimate of drug-likeness (QED) is 0.373. The van der Waals surface area contributed by atoms with Crippen molar-refractivity contribution in [1.29, 1.82) is 0 Å². The van der Waals surface area contributed by atoms with Gasteiger partial charge in [-0.2, -0.15) is 0 Å².